The van der Waals surface area contributed by atoms with Crippen LogP contribution in [-0.4, -0.2) is 24.3 Å². The Morgan fingerprint density at radius 3 is 2.35 bits per heavy atom. The number of fused-ring (bicyclic) bond motifs is 1. The van der Waals surface area contributed by atoms with Crippen molar-refractivity contribution in [1.82, 2.24) is 5.43 Å². The maximum Gasteiger partial charge on any atom is 0.275 e. The number of amides is 1. The number of hydrazone groups is 1. The van der Waals surface area contributed by atoms with E-state index in [1.165, 1.54) is 25.5 Å². The third-order valence-corrected chi connectivity index (χ3v) is 4.31. The van der Waals surface area contributed by atoms with E-state index in [4.69, 9.17) is 27.9 Å². The van der Waals surface area contributed by atoms with Crippen LogP contribution in [0.5, 0.6) is 11.5 Å². The molecular weight excluding hydrogens is 375 g/mol. The van der Waals surface area contributed by atoms with E-state index < -0.39 is 5.91 Å². The van der Waals surface area contributed by atoms with Gasteiger partial charge in [-0.1, -0.05) is 47.5 Å². The Labute approximate surface area is 159 Å². The van der Waals surface area contributed by atoms with Crippen molar-refractivity contribution >= 4 is 46.1 Å². The second-order valence-electron chi connectivity index (χ2n) is 5.43. The number of methoxy groups -OCH3 is 1. The fourth-order valence-electron chi connectivity index (χ4n) is 2.45. The first kappa shape index (κ1) is 18.0. The number of aromatic hydroxyl groups is 1. The summed E-state index contributed by atoms with van der Waals surface area (Å²) in [5.41, 5.74) is 3.34. The number of hydrogen-bond donors (Lipinski definition) is 2. The van der Waals surface area contributed by atoms with Crippen molar-refractivity contribution in [3.63, 3.8) is 0 Å². The van der Waals surface area contributed by atoms with Crippen molar-refractivity contribution in [3.05, 3.63) is 69.7 Å². The molecule has 0 unspecified atom stereocenters. The van der Waals surface area contributed by atoms with Gasteiger partial charge in [0.15, 0.2) is 5.75 Å². The fourth-order valence-corrected chi connectivity index (χ4v) is 2.95. The van der Waals surface area contributed by atoms with E-state index in [9.17, 15) is 9.90 Å². The van der Waals surface area contributed by atoms with Gasteiger partial charge in [-0.3, -0.25) is 4.79 Å². The monoisotopic (exact) mass is 388 g/mol. The smallest absolute Gasteiger partial charge is 0.275 e. The van der Waals surface area contributed by atoms with Crippen LogP contribution in [0.2, 0.25) is 10.0 Å². The van der Waals surface area contributed by atoms with Crippen LogP contribution in [0, 0.1) is 0 Å². The lowest BCUT2D eigenvalue weighted by Crippen LogP contribution is -2.18. The highest BCUT2D eigenvalue weighted by Gasteiger charge is 2.13. The number of hydrogen-bond acceptors (Lipinski definition) is 4. The van der Waals surface area contributed by atoms with Crippen LogP contribution in [0.1, 0.15) is 15.9 Å². The fraction of sp³-hybridized carbons (Fsp3) is 0.0526. The minimum absolute atomic E-state index is 0.0986. The standard InChI is InChI=1S/C19H14Cl2N2O3/c1-26-17-9-13-5-3-2-4-12(13)8-14(17)19(25)23-22-10-11-6-15(20)18(24)16(21)7-11/h2-10,24H,1H3,(H,23,25). The predicted molar refractivity (Wildman–Crippen MR) is 104 cm³/mol. The molecule has 3 rings (SSSR count). The van der Waals surface area contributed by atoms with Crippen molar-refractivity contribution in [2.24, 2.45) is 5.10 Å². The summed E-state index contributed by atoms with van der Waals surface area (Å²) in [7, 11) is 1.50. The van der Waals surface area contributed by atoms with Gasteiger partial charge in [-0.2, -0.15) is 5.10 Å². The molecule has 2 N–H and O–H groups in total. The Kier molecular flexibility index (Phi) is 5.30. The first-order valence-corrected chi connectivity index (χ1v) is 8.33. The zero-order chi connectivity index (χ0) is 18.7. The number of halogens is 2. The number of carbonyl (C=O) groups excluding carboxylic acids is 1. The first-order chi connectivity index (χ1) is 12.5. The molecule has 0 bridgehead atoms. The number of carbonyl (C=O) groups is 1. The van der Waals surface area contributed by atoms with Crippen molar-refractivity contribution in [2.75, 3.05) is 7.11 Å². The van der Waals surface area contributed by atoms with Crippen molar-refractivity contribution < 1.29 is 14.6 Å². The zero-order valence-corrected chi connectivity index (χ0v) is 15.2. The average molecular weight is 389 g/mol. The second kappa shape index (κ2) is 7.64. The Morgan fingerprint density at radius 2 is 1.73 bits per heavy atom. The van der Waals surface area contributed by atoms with E-state index in [0.717, 1.165) is 10.8 Å². The average Bonchev–Trinajstić information content (AvgIpc) is 2.64. The Morgan fingerprint density at radius 1 is 1.12 bits per heavy atom. The molecule has 1 amide bonds. The SMILES string of the molecule is COc1cc2ccccc2cc1C(=O)NN=Cc1cc(Cl)c(O)c(Cl)c1. The van der Waals surface area contributed by atoms with E-state index in [-0.39, 0.29) is 15.8 Å². The summed E-state index contributed by atoms with van der Waals surface area (Å²) in [5.74, 6) is -0.164. The van der Waals surface area contributed by atoms with Gasteiger partial charge < -0.3 is 9.84 Å². The van der Waals surface area contributed by atoms with Gasteiger partial charge in [0.2, 0.25) is 0 Å². The number of phenolic OH excluding ortho intramolecular Hbond substituents is 1. The molecule has 5 nitrogen and oxygen atoms in total. The summed E-state index contributed by atoms with van der Waals surface area (Å²) >= 11 is 11.7. The molecule has 26 heavy (non-hydrogen) atoms. The van der Waals surface area contributed by atoms with Gasteiger partial charge in [-0.25, -0.2) is 5.43 Å². The predicted octanol–water partition coefficient (Wildman–Crippen LogP) is 4.62. The van der Waals surface area contributed by atoms with Crippen LogP contribution in [0.4, 0.5) is 0 Å². The quantitative estimate of drug-likeness (QED) is 0.505. The van der Waals surface area contributed by atoms with Crippen LogP contribution in [0.3, 0.4) is 0 Å². The molecule has 132 valence electrons. The molecule has 3 aromatic rings. The van der Waals surface area contributed by atoms with Crippen LogP contribution in [-0.2, 0) is 0 Å². The molecule has 0 heterocycles. The second-order valence-corrected chi connectivity index (χ2v) is 6.25. The summed E-state index contributed by atoms with van der Waals surface area (Å²) in [6.45, 7) is 0. The Balaban J connectivity index is 1.83. The summed E-state index contributed by atoms with van der Waals surface area (Å²) in [4.78, 5) is 12.4. The van der Waals surface area contributed by atoms with Crippen LogP contribution >= 0.6 is 23.2 Å². The van der Waals surface area contributed by atoms with Crippen molar-refractivity contribution in [3.8, 4) is 11.5 Å². The van der Waals surface area contributed by atoms with Crippen LogP contribution < -0.4 is 10.2 Å². The summed E-state index contributed by atoms with van der Waals surface area (Å²) < 4.78 is 5.31. The van der Waals surface area contributed by atoms with Gasteiger partial charge in [0.05, 0.1) is 28.9 Å². The lowest BCUT2D eigenvalue weighted by atomic mass is 10.1. The maximum atomic E-state index is 12.4. The van der Waals surface area contributed by atoms with Gasteiger partial charge in [0.1, 0.15) is 5.75 Å². The number of phenols is 1. The molecule has 0 saturated carbocycles. The molecule has 0 fully saturated rings. The third-order valence-electron chi connectivity index (χ3n) is 3.73. The lowest BCUT2D eigenvalue weighted by Gasteiger charge is -2.09. The minimum Gasteiger partial charge on any atom is -0.505 e. The van der Waals surface area contributed by atoms with E-state index in [2.05, 4.69) is 10.5 Å². The maximum absolute atomic E-state index is 12.4. The summed E-state index contributed by atoms with van der Waals surface area (Å²) in [5, 5.41) is 15.5. The highest BCUT2D eigenvalue weighted by molar-refractivity contribution is 6.37. The number of ether oxygens (including phenoxy) is 1. The van der Waals surface area contributed by atoms with Gasteiger partial charge >= 0.3 is 0 Å². The molecule has 0 atom stereocenters. The minimum atomic E-state index is -0.417. The molecule has 0 aliphatic rings. The largest absolute Gasteiger partial charge is 0.505 e. The number of benzene rings is 3. The van der Waals surface area contributed by atoms with E-state index in [0.29, 0.717) is 16.9 Å². The Hall–Kier alpha value is -2.76. The van der Waals surface area contributed by atoms with Gasteiger partial charge in [0.25, 0.3) is 5.91 Å². The van der Waals surface area contributed by atoms with E-state index in [1.54, 1.807) is 12.1 Å². The van der Waals surface area contributed by atoms with Crippen LogP contribution in [0.15, 0.2) is 53.6 Å². The van der Waals surface area contributed by atoms with Crippen LogP contribution in [0.25, 0.3) is 10.8 Å². The lowest BCUT2D eigenvalue weighted by molar-refractivity contribution is 0.0952. The summed E-state index contributed by atoms with van der Waals surface area (Å²) in [6, 6.07) is 14.2. The highest BCUT2D eigenvalue weighted by Crippen LogP contribution is 2.32. The number of rotatable bonds is 4. The van der Waals surface area contributed by atoms with Gasteiger partial charge in [-0.15, -0.1) is 0 Å². The molecule has 0 saturated heterocycles. The normalized spacial score (nSPS) is 11.0. The highest BCUT2D eigenvalue weighted by atomic mass is 35.5. The molecule has 0 aliphatic heterocycles. The molecule has 0 spiro atoms. The first-order valence-electron chi connectivity index (χ1n) is 7.58. The Bertz CT molecular complexity index is 996. The summed E-state index contributed by atoms with van der Waals surface area (Å²) in [6.07, 6.45) is 1.38. The number of nitrogens with one attached hydrogen (secondary N) is 1. The molecular formula is C19H14Cl2N2O3. The topological polar surface area (TPSA) is 70.9 Å². The molecule has 0 aliphatic carbocycles. The molecule has 0 aromatic heterocycles. The molecule has 7 heteroatoms. The van der Waals surface area contributed by atoms with E-state index >= 15 is 0 Å². The third kappa shape index (κ3) is 3.74. The molecule has 3 aromatic carbocycles. The zero-order valence-electron chi connectivity index (χ0n) is 13.7. The van der Waals surface area contributed by atoms with E-state index in [1.807, 2.05) is 24.3 Å². The van der Waals surface area contributed by atoms with Crippen molar-refractivity contribution in [1.29, 1.82) is 0 Å². The number of nitrogens with zero attached hydrogens (tertiary/aromatic N) is 1. The van der Waals surface area contributed by atoms with Gasteiger partial charge in [-0.05, 0) is 40.6 Å². The van der Waals surface area contributed by atoms with Gasteiger partial charge in [0, 0.05) is 0 Å². The van der Waals surface area contributed by atoms with Crippen molar-refractivity contribution in [2.45, 2.75) is 0 Å². The molecule has 0 radical (unpaired) electrons.